The van der Waals surface area contributed by atoms with E-state index in [1.807, 2.05) is 19.1 Å². The van der Waals surface area contributed by atoms with Crippen LogP contribution in [-0.4, -0.2) is 27.0 Å². The van der Waals surface area contributed by atoms with Crippen molar-refractivity contribution in [3.05, 3.63) is 24.3 Å². The highest BCUT2D eigenvalue weighted by molar-refractivity contribution is 7.89. The van der Waals surface area contributed by atoms with Crippen LogP contribution < -0.4 is 15.8 Å². The Hall–Kier alpha value is -1.11. The second-order valence-electron chi connectivity index (χ2n) is 5.62. The molecule has 1 aromatic carbocycles. The fraction of sp³-hybridized carbons (Fsp3) is 0.600. The highest BCUT2D eigenvalue weighted by atomic mass is 32.2. The van der Waals surface area contributed by atoms with Crippen LogP contribution in [0.1, 0.15) is 39.0 Å². The van der Waals surface area contributed by atoms with Crippen LogP contribution >= 0.6 is 0 Å². The molecule has 1 fully saturated rings. The molecule has 4 N–H and O–H groups in total. The summed E-state index contributed by atoms with van der Waals surface area (Å²) in [4.78, 5) is 0.300. The maximum absolute atomic E-state index is 12.0. The molecule has 0 amide bonds. The van der Waals surface area contributed by atoms with E-state index < -0.39 is 10.0 Å². The van der Waals surface area contributed by atoms with Crippen molar-refractivity contribution in [3.63, 3.8) is 0 Å². The maximum atomic E-state index is 12.0. The summed E-state index contributed by atoms with van der Waals surface area (Å²) in [7, 11) is -3.39. The molecule has 1 aliphatic rings. The van der Waals surface area contributed by atoms with Gasteiger partial charge in [-0.05, 0) is 43.5 Å². The third-order valence-corrected chi connectivity index (χ3v) is 5.36. The van der Waals surface area contributed by atoms with E-state index >= 15 is 0 Å². The number of nitrogens with one attached hydrogen (secondary N) is 2. The lowest BCUT2D eigenvalue weighted by Gasteiger charge is -2.30. The summed E-state index contributed by atoms with van der Waals surface area (Å²) in [6.07, 6.45) is 5.28. The average Bonchev–Trinajstić information content (AvgIpc) is 2.48. The van der Waals surface area contributed by atoms with E-state index in [4.69, 9.17) is 5.73 Å². The van der Waals surface area contributed by atoms with Crippen molar-refractivity contribution in [1.82, 2.24) is 4.72 Å². The molecule has 0 bridgehead atoms. The van der Waals surface area contributed by atoms with Gasteiger partial charge in [0.05, 0.1) is 4.90 Å². The van der Waals surface area contributed by atoms with Crippen LogP contribution in [0.4, 0.5) is 5.69 Å². The first-order valence-electron chi connectivity index (χ1n) is 7.65. The molecule has 0 spiro atoms. The van der Waals surface area contributed by atoms with Crippen LogP contribution in [0.5, 0.6) is 0 Å². The van der Waals surface area contributed by atoms with E-state index in [2.05, 4.69) is 10.0 Å². The molecular formula is C15H25N3O2S. The number of hydrogen-bond donors (Lipinski definition) is 3. The van der Waals surface area contributed by atoms with Gasteiger partial charge in [-0.3, -0.25) is 0 Å². The van der Waals surface area contributed by atoms with Gasteiger partial charge in [0.25, 0.3) is 0 Å². The van der Waals surface area contributed by atoms with Crippen LogP contribution in [0.15, 0.2) is 29.2 Å². The Bertz CT molecular complexity index is 543. The predicted octanol–water partition coefficient (Wildman–Crippen LogP) is 2.06. The number of rotatable bonds is 6. The summed E-state index contributed by atoms with van der Waals surface area (Å²) >= 11 is 0. The van der Waals surface area contributed by atoms with Gasteiger partial charge in [0.15, 0.2) is 0 Å². The van der Waals surface area contributed by atoms with E-state index in [1.54, 1.807) is 12.1 Å². The third kappa shape index (κ3) is 4.43. The van der Waals surface area contributed by atoms with Crippen LogP contribution in [0.2, 0.25) is 0 Å². The zero-order valence-corrected chi connectivity index (χ0v) is 13.3. The Labute approximate surface area is 127 Å². The van der Waals surface area contributed by atoms with Gasteiger partial charge >= 0.3 is 0 Å². The third-order valence-electron chi connectivity index (χ3n) is 3.88. The van der Waals surface area contributed by atoms with Gasteiger partial charge in [0.1, 0.15) is 0 Å². The summed E-state index contributed by atoms with van der Waals surface area (Å²) in [5, 5.41) is 3.41. The van der Waals surface area contributed by atoms with Crippen molar-refractivity contribution >= 4 is 15.7 Å². The monoisotopic (exact) mass is 311 g/mol. The summed E-state index contributed by atoms with van der Waals surface area (Å²) in [5.74, 6) is 0. The van der Waals surface area contributed by atoms with Crippen molar-refractivity contribution in [3.8, 4) is 0 Å². The summed E-state index contributed by atoms with van der Waals surface area (Å²) in [5.41, 5.74) is 7.04. The second-order valence-corrected chi connectivity index (χ2v) is 7.39. The quantitative estimate of drug-likeness (QED) is 0.751. The summed E-state index contributed by atoms with van der Waals surface area (Å²) in [6, 6.07) is 7.33. The maximum Gasteiger partial charge on any atom is 0.240 e. The topological polar surface area (TPSA) is 84.2 Å². The molecule has 0 heterocycles. The van der Waals surface area contributed by atoms with Gasteiger partial charge in [-0.25, -0.2) is 13.1 Å². The van der Waals surface area contributed by atoms with Crippen LogP contribution in [0.3, 0.4) is 0 Å². The predicted molar refractivity (Wildman–Crippen MR) is 85.8 cm³/mol. The molecule has 0 aromatic heterocycles. The zero-order chi connectivity index (χ0) is 15.3. The van der Waals surface area contributed by atoms with Crippen molar-refractivity contribution in [2.24, 2.45) is 5.73 Å². The molecular weight excluding hydrogens is 286 g/mol. The Morgan fingerprint density at radius 2 is 1.86 bits per heavy atom. The smallest absolute Gasteiger partial charge is 0.240 e. The van der Waals surface area contributed by atoms with E-state index in [0.717, 1.165) is 24.9 Å². The van der Waals surface area contributed by atoms with Gasteiger partial charge in [0.2, 0.25) is 10.0 Å². The first-order valence-corrected chi connectivity index (χ1v) is 9.13. The molecule has 0 aliphatic heterocycles. The molecule has 1 aromatic rings. The first kappa shape index (κ1) is 16.3. The molecule has 0 saturated heterocycles. The van der Waals surface area contributed by atoms with E-state index in [9.17, 15) is 8.42 Å². The number of nitrogens with two attached hydrogens (primary N) is 1. The highest BCUT2D eigenvalue weighted by Gasteiger charge is 2.21. The Morgan fingerprint density at radius 1 is 1.19 bits per heavy atom. The van der Waals surface area contributed by atoms with E-state index in [0.29, 0.717) is 11.4 Å². The Kier molecular flexibility index (Phi) is 5.61. The average molecular weight is 311 g/mol. The number of benzene rings is 1. The lowest BCUT2D eigenvalue weighted by Crippen LogP contribution is -2.42. The minimum absolute atomic E-state index is 0.174. The fourth-order valence-electron chi connectivity index (χ4n) is 2.60. The summed E-state index contributed by atoms with van der Waals surface area (Å²) < 4.78 is 26.6. The molecule has 2 unspecified atom stereocenters. The standard InChI is InChI=1S/C15H25N3O2S/c1-2-11-17-21(19,20)13-9-7-12(8-10-13)18-15-6-4-3-5-14(15)16/h7-10,14-15,17-18H,2-6,11,16H2,1H3. The molecule has 0 radical (unpaired) electrons. The highest BCUT2D eigenvalue weighted by Crippen LogP contribution is 2.22. The van der Waals surface area contributed by atoms with Gasteiger partial charge in [-0.1, -0.05) is 19.8 Å². The minimum Gasteiger partial charge on any atom is -0.381 e. The van der Waals surface area contributed by atoms with E-state index in [-0.39, 0.29) is 12.1 Å². The molecule has 21 heavy (non-hydrogen) atoms. The van der Waals surface area contributed by atoms with Gasteiger partial charge in [0, 0.05) is 24.3 Å². The Balaban J connectivity index is 2.01. The molecule has 118 valence electrons. The van der Waals surface area contributed by atoms with Crippen molar-refractivity contribution in [1.29, 1.82) is 0 Å². The lowest BCUT2D eigenvalue weighted by atomic mass is 9.91. The van der Waals surface area contributed by atoms with Crippen LogP contribution in [0.25, 0.3) is 0 Å². The zero-order valence-electron chi connectivity index (χ0n) is 12.5. The van der Waals surface area contributed by atoms with Gasteiger partial charge in [-0.15, -0.1) is 0 Å². The van der Waals surface area contributed by atoms with E-state index in [1.165, 1.54) is 12.8 Å². The van der Waals surface area contributed by atoms with Crippen molar-refractivity contribution in [2.75, 3.05) is 11.9 Å². The lowest BCUT2D eigenvalue weighted by molar-refractivity contribution is 0.404. The molecule has 6 heteroatoms. The molecule has 1 saturated carbocycles. The molecule has 2 atom stereocenters. The SMILES string of the molecule is CCCNS(=O)(=O)c1ccc(NC2CCCCC2N)cc1. The molecule has 5 nitrogen and oxygen atoms in total. The van der Waals surface area contributed by atoms with Gasteiger partial charge in [-0.2, -0.15) is 0 Å². The number of sulfonamides is 1. The van der Waals surface area contributed by atoms with Crippen LogP contribution in [0, 0.1) is 0 Å². The second kappa shape index (κ2) is 7.24. The Morgan fingerprint density at radius 3 is 2.48 bits per heavy atom. The van der Waals surface area contributed by atoms with Crippen LogP contribution in [-0.2, 0) is 10.0 Å². The number of hydrogen-bond acceptors (Lipinski definition) is 4. The largest absolute Gasteiger partial charge is 0.381 e. The minimum atomic E-state index is -3.39. The molecule has 1 aliphatic carbocycles. The number of anilines is 1. The molecule has 2 rings (SSSR count). The fourth-order valence-corrected chi connectivity index (χ4v) is 3.74. The van der Waals surface area contributed by atoms with Crippen molar-refractivity contribution in [2.45, 2.75) is 56.0 Å². The van der Waals surface area contributed by atoms with Gasteiger partial charge < -0.3 is 11.1 Å². The summed E-state index contributed by atoms with van der Waals surface area (Å²) in [6.45, 7) is 2.39. The first-order chi connectivity index (χ1) is 10.0. The van der Waals surface area contributed by atoms with Crippen molar-refractivity contribution < 1.29 is 8.42 Å². The normalized spacial score (nSPS) is 23.0.